The van der Waals surface area contributed by atoms with Crippen molar-refractivity contribution in [2.24, 2.45) is 5.92 Å². The Labute approximate surface area is 140 Å². The van der Waals surface area contributed by atoms with Crippen molar-refractivity contribution >= 4 is 5.91 Å². The fourth-order valence-corrected chi connectivity index (χ4v) is 3.94. The molecule has 7 nitrogen and oxygen atoms in total. The molecule has 1 unspecified atom stereocenters. The Bertz CT molecular complexity index is 776. The average Bonchev–Trinajstić information content (AvgIpc) is 3.17. The minimum Gasteiger partial charge on any atom is -0.445 e. The van der Waals surface area contributed by atoms with Gasteiger partial charge in [0.1, 0.15) is 23.6 Å². The molecule has 0 spiro atoms. The van der Waals surface area contributed by atoms with E-state index in [1.165, 1.54) is 19.3 Å². The Morgan fingerprint density at radius 1 is 1.25 bits per heavy atom. The van der Waals surface area contributed by atoms with Gasteiger partial charge in [-0.05, 0) is 19.3 Å². The predicted molar refractivity (Wildman–Crippen MR) is 84.0 cm³/mol. The number of fused-ring (bicyclic) bond motifs is 2. The van der Waals surface area contributed by atoms with Crippen LogP contribution in [0.15, 0.2) is 10.7 Å². The summed E-state index contributed by atoms with van der Waals surface area (Å²) in [5.41, 5.74) is 0.968. The van der Waals surface area contributed by atoms with Crippen molar-refractivity contribution in [2.75, 3.05) is 6.54 Å². The van der Waals surface area contributed by atoms with E-state index in [4.69, 9.17) is 9.40 Å². The molecular weight excluding hydrogens is 306 g/mol. The highest BCUT2D eigenvalue weighted by Crippen LogP contribution is 2.37. The average molecular weight is 327 g/mol. The third kappa shape index (κ3) is 2.25. The molecule has 2 aromatic heterocycles. The van der Waals surface area contributed by atoms with Gasteiger partial charge in [-0.15, -0.1) is 0 Å². The van der Waals surface area contributed by atoms with Crippen molar-refractivity contribution in [1.82, 2.24) is 24.6 Å². The Morgan fingerprint density at radius 3 is 3.00 bits per heavy atom. The normalized spacial score (nSPS) is 23.5. The monoisotopic (exact) mass is 327 g/mol. The van der Waals surface area contributed by atoms with E-state index in [-0.39, 0.29) is 11.8 Å². The first-order valence-corrected chi connectivity index (χ1v) is 8.92. The van der Waals surface area contributed by atoms with Gasteiger partial charge in [-0.1, -0.05) is 6.42 Å². The lowest BCUT2D eigenvalue weighted by molar-refractivity contribution is -0.137. The minimum absolute atomic E-state index is 0.0150. The number of nitrogens with zero attached hydrogens (tertiary/aromatic N) is 5. The van der Waals surface area contributed by atoms with Crippen LogP contribution in [0.1, 0.15) is 54.8 Å². The summed E-state index contributed by atoms with van der Waals surface area (Å²) in [6.45, 7) is 2.10. The Kier molecular flexibility index (Phi) is 3.21. The molecule has 2 aliphatic heterocycles. The smallest absolute Gasteiger partial charge is 0.226 e. The van der Waals surface area contributed by atoms with Crippen molar-refractivity contribution in [3.8, 4) is 0 Å². The van der Waals surface area contributed by atoms with Crippen LogP contribution in [0.5, 0.6) is 0 Å². The summed E-state index contributed by atoms with van der Waals surface area (Å²) in [5, 5.41) is 4.18. The summed E-state index contributed by atoms with van der Waals surface area (Å²) in [4.78, 5) is 23.8. The number of carbonyl (C=O) groups is 1. The van der Waals surface area contributed by atoms with Gasteiger partial charge in [-0.2, -0.15) is 5.10 Å². The van der Waals surface area contributed by atoms with Gasteiger partial charge < -0.3 is 9.32 Å². The highest BCUT2D eigenvalue weighted by molar-refractivity contribution is 5.79. The summed E-state index contributed by atoms with van der Waals surface area (Å²) < 4.78 is 7.85. The number of amides is 1. The van der Waals surface area contributed by atoms with Gasteiger partial charge in [0.25, 0.3) is 0 Å². The number of aryl methyl sites for hydroxylation is 1. The molecule has 1 atom stereocenters. The van der Waals surface area contributed by atoms with E-state index in [0.717, 1.165) is 49.1 Å². The van der Waals surface area contributed by atoms with Crippen molar-refractivity contribution in [1.29, 1.82) is 0 Å². The van der Waals surface area contributed by atoms with Gasteiger partial charge in [0.05, 0.1) is 6.54 Å². The van der Waals surface area contributed by atoms with Crippen LogP contribution < -0.4 is 0 Å². The summed E-state index contributed by atoms with van der Waals surface area (Å²) in [6, 6.07) is 0. The van der Waals surface area contributed by atoms with Crippen molar-refractivity contribution in [3.63, 3.8) is 0 Å². The zero-order chi connectivity index (χ0) is 16.1. The van der Waals surface area contributed by atoms with Gasteiger partial charge >= 0.3 is 0 Å². The van der Waals surface area contributed by atoms with Crippen LogP contribution in [0.4, 0.5) is 0 Å². The lowest BCUT2D eigenvalue weighted by Gasteiger charge is -2.30. The summed E-state index contributed by atoms with van der Waals surface area (Å²) >= 11 is 0. The van der Waals surface area contributed by atoms with Gasteiger partial charge in [0.15, 0.2) is 5.89 Å². The maximum absolute atomic E-state index is 12.9. The first-order valence-electron chi connectivity index (χ1n) is 8.92. The molecular formula is C17H21N5O2. The number of oxazole rings is 1. The van der Waals surface area contributed by atoms with E-state index < -0.39 is 0 Å². The molecule has 1 aliphatic carbocycles. The highest BCUT2D eigenvalue weighted by Gasteiger charge is 2.34. The molecule has 0 N–H and O–H groups in total. The fourth-order valence-electron chi connectivity index (χ4n) is 3.94. The summed E-state index contributed by atoms with van der Waals surface area (Å²) in [5.74, 6) is 3.55. The molecule has 2 aromatic rings. The maximum atomic E-state index is 12.9. The first kappa shape index (κ1) is 14.2. The molecule has 0 aromatic carbocycles. The Hall–Kier alpha value is -2.18. The second kappa shape index (κ2) is 5.43. The standard InChI is InChI=1S/C17H21N5O2/c23-17(12-4-7-22-15(8-12)18-10-19-22)21-6-5-14-13(9-21)20-16(24-14)11-2-1-3-11/h10-12H,1-9H2. The highest BCUT2D eigenvalue weighted by atomic mass is 16.4. The fraction of sp³-hybridized carbons (Fsp3) is 0.647. The van der Waals surface area contributed by atoms with Crippen LogP contribution in [0, 0.1) is 5.92 Å². The largest absolute Gasteiger partial charge is 0.445 e. The predicted octanol–water partition coefficient (Wildman–Crippen LogP) is 1.68. The van der Waals surface area contributed by atoms with Gasteiger partial charge in [0.2, 0.25) is 5.91 Å². The van der Waals surface area contributed by atoms with Gasteiger partial charge in [-0.25, -0.2) is 9.97 Å². The van der Waals surface area contributed by atoms with Crippen LogP contribution in [-0.2, 0) is 30.7 Å². The quantitative estimate of drug-likeness (QED) is 0.839. The van der Waals surface area contributed by atoms with E-state index >= 15 is 0 Å². The SMILES string of the molecule is O=C(C1CCn2ncnc2C1)N1CCc2oc(C3CCC3)nc2C1. The zero-order valence-corrected chi connectivity index (χ0v) is 13.6. The lowest BCUT2D eigenvalue weighted by atomic mass is 9.85. The number of carbonyl (C=O) groups excluding carboxylic acids is 1. The zero-order valence-electron chi connectivity index (χ0n) is 13.6. The molecule has 1 fully saturated rings. The van der Waals surface area contributed by atoms with Crippen LogP contribution >= 0.6 is 0 Å². The lowest BCUT2D eigenvalue weighted by Crippen LogP contribution is -2.42. The van der Waals surface area contributed by atoms with Crippen molar-refractivity contribution in [2.45, 2.75) is 57.5 Å². The Balaban J connectivity index is 1.30. The second-order valence-corrected chi connectivity index (χ2v) is 7.15. The summed E-state index contributed by atoms with van der Waals surface area (Å²) in [7, 11) is 0. The summed E-state index contributed by atoms with van der Waals surface area (Å²) in [6.07, 6.45) is 7.53. The number of rotatable bonds is 2. The molecule has 126 valence electrons. The van der Waals surface area contributed by atoms with Crippen LogP contribution in [0.2, 0.25) is 0 Å². The van der Waals surface area contributed by atoms with E-state index in [9.17, 15) is 4.79 Å². The number of hydrogen-bond acceptors (Lipinski definition) is 5. The third-order valence-electron chi connectivity index (χ3n) is 5.67. The van der Waals surface area contributed by atoms with Gasteiger partial charge in [0, 0.05) is 37.8 Å². The first-order chi connectivity index (χ1) is 11.8. The second-order valence-electron chi connectivity index (χ2n) is 7.15. The van der Waals surface area contributed by atoms with Gasteiger partial charge in [-0.3, -0.25) is 9.48 Å². The van der Waals surface area contributed by atoms with Crippen LogP contribution in [-0.4, -0.2) is 37.1 Å². The topological polar surface area (TPSA) is 77.0 Å². The van der Waals surface area contributed by atoms with Crippen LogP contribution in [0.25, 0.3) is 0 Å². The number of aromatic nitrogens is 4. The molecule has 1 saturated carbocycles. The Morgan fingerprint density at radius 2 is 2.17 bits per heavy atom. The van der Waals surface area contributed by atoms with E-state index in [0.29, 0.717) is 18.9 Å². The third-order valence-corrected chi connectivity index (χ3v) is 5.67. The van der Waals surface area contributed by atoms with Crippen LogP contribution in [0.3, 0.4) is 0 Å². The molecule has 1 amide bonds. The molecule has 0 saturated heterocycles. The molecule has 24 heavy (non-hydrogen) atoms. The number of hydrogen-bond donors (Lipinski definition) is 0. The minimum atomic E-state index is 0.0150. The molecule has 0 bridgehead atoms. The molecule has 7 heteroatoms. The van der Waals surface area contributed by atoms with Crippen molar-refractivity contribution < 1.29 is 9.21 Å². The molecule has 4 heterocycles. The van der Waals surface area contributed by atoms with E-state index in [1.54, 1.807) is 6.33 Å². The maximum Gasteiger partial charge on any atom is 0.226 e. The van der Waals surface area contributed by atoms with Crippen molar-refractivity contribution in [3.05, 3.63) is 29.5 Å². The molecule has 3 aliphatic rings. The van der Waals surface area contributed by atoms with E-state index in [2.05, 4.69) is 10.1 Å². The molecule has 5 rings (SSSR count). The van der Waals surface area contributed by atoms with E-state index in [1.807, 2.05) is 9.58 Å². The molecule has 0 radical (unpaired) electrons.